The number of aryl methyl sites for hydroxylation is 2. The molecule has 0 saturated carbocycles. The summed E-state index contributed by atoms with van der Waals surface area (Å²) < 4.78 is 2.03. The van der Waals surface area contributed by atoms with Gasteiger partial charge >= 0.3 is 0 Å². The molecule has 0 spiro atoms. The average molecular weight is 358 g/mol. The van der Waals surface area contributed by atoms with E-state index in [0.717, 1.165) is 34.2 Å². The summed E-state index contributed by atoms with van der Waals surface area (Å²) in [6.45, 7) is 2.73. The molecule has 0 bridgehead atoms. The number of hydrogen-bond donors (Lipinski definition) is 1. The second-order valence-corrected chi connectivity index (χ2v) is 6.83. The van der Waals surface area contributed by atoms with E-state index in [4.69, 9.17) is 23.8 Å². The lowest BCUT2D eigenvalue weighted by atomic mass is 10.2. The fraction of sp³-hybridized carbons (Fsp3) is 0.235. The smallest absolute Gasteiger partial charge is 0.175 e. The molecule has 1 aromatic carbocycles. The van der Waals surface area contributed by atoms with Crippen LogP contribution in [-0.2, 0) is 6.54 Å². The molecule has 3 aromatic rings. The van der Waals surface area contributed by atoms with Crippen molar-refractivity contribution in [2.75, 3.05) is 5.73 Å². The Morgan fingerprint density at radius 1 is 1.33 bits per heavy atom. The van der Waals surface area contributed by atoms with Crippen LogP contribution in [0.15, 0.2) is 34.6 Å². The Balaban J connectivity index is 2.03. The third kappa shape index (κ3) is 3.48. The first kappa shape index (κ1) is 16.6. The number of nitrogens with zero attached hydrogens (tertiary/aromatic N) is 4. The zero-order chi connectivity index (χ0) is 17.1. The molecule has 3 rings (SSSR count). The minimum Gasteiger partial charge on any atom is -0.382 e. The molecular weight excluding hydrogens is 342 g/mol. The van der Waals surface area contributed by atoms with Crippen LogP contribution in [0.2, 0.25) is 5.02 Å². The molecule has 0 amide bonds. The van der Waals surface area contributed by atoms with Gasteiger partial charge in [0.1, 0.15) is 6.33 Å². The molecule has 0 aliphatic heterocycles. The van der Waals surface area contributed by atoms with Gasteiger partial charge in [-0.2, -0.15) is 0 Å². The number of rotatable bonds is 5. The molecule has 7 heteroatoms. The van der Waals surface area contributed by atoms with Crippen molar-refractivity contribution in [3.05, 3.63) is 35.1 Å². The van der Waals surface area contributed by atoms with Gasteiger partial charge in [0.2, 0.25) is 0 Å². The molecule has 0 aliphatic carbocycles. The maximum absolute atomic E-state index is 6.16. The summed E-state index contributed by atoms with van der Waals surface area (Å²) in [6.07, 6.45) is 8.35. The molecule has 0 fully saturated rings. The summed E-state index contributed by atoms with van der Waals surface area (Å²) >= 11 is 7.68. The van der Waals surface area contributed by atoms with Crippen LogP contribution in [0.3, 0.4) is 0 Å². The van der Waals surface area contributed by atoms with Crippen molar-refractivity contribution < 1.29 is 0 Å². The highest BCUT2D eigenvalue weighted by molar-refractivity contribution is 7.99. The molecule has 0 saturated heterocycles. The molecule has 2 heterocycles. The first-order valence-electron chi connectivity index (χ1n) is 7.43. The third-order valence-electron chi connectivity index (χ3n) is 3.45. The highest BCUT2D eigenvalue weighted by Gasteiger charge is 2.16. The van der Waals surface area contributed by atoms with Crippen LogP contribution in [0.1, 0.15) is 18.4 Å². The zero-order valence-electron chi connectivity index (χ0n) is 13.2. The third-order valence-corrected chi connectivity index (χ3v) is 4.64. The van der Waals surface area contributed by atoms with Crippen LogP contribution < -0.4 is 5.73 Å². The monoisotopic (exact) mass is 357 g/mol. The number of hydrogen-bond acceptors (Lipinski definition) is 5. The van der Waals surface area contributed by atoms with Crippen molar-refractivity contribution in [3.63, 3.8) is 0 Å². The van der Waals surface area contributed by atoms with E-state index in [1.807, 2.05) is 23.6 Å². The van der Waals surface area contributed by atoms with Gasteiger partial charge in [-0.05, 0) is 37.1 Å². The van der Waals surface area contributed by atoms with Crippen molar-refractivity contribution in [3.8, 4) is 12.3 Å². The van der Waals surface area contributed by atoms with E-state index in [1.165, 1.54) is 18.1 Å². The van der Waals surface area contributed by atoms with Gasteiger partial charge in [-0.15, -0.1) is 12.3 Å². The topological polar surface area (TPSA) is 69.6 Å². The summed E-state index contributed by atoms with van der Waals surface area (Å²) in [4.78, 5) is 14.0. The van der Waals surface area contributed by atoms with Crippen LogP contribution in [0.25, 0.3) is 11.2 Å². The molecule has 0 radical (unpaired) electrons. The van der Waals surface area contributed by atoms with Gasteiger partial charge in [-0.1, -0.05) is 23.4 Å². The number of terminal acetylenes is 1. The van der Waals surface area contributed by atoms with Gasteiger partial charge in [0, 0.05) is 22.9 Å². The number of fused-ring (bicyclic) bond motifs is 1. The highest BCUT2D eigenvalue weighted by Crippen LogP contribution is 2.33. The number of halogens is 1. The van der Waals surface area contributed by atoms with Crippen molar-refractivity contribution in [2.24, 2.45) is 0 Å². The molecule has 5 nitrogen and oxygen atoms in total. The zero-order valence-corrected chi connectivity index (χ0v) is 14.7. The lowest BCUT2D eigenvalue weighted by Gasteiger charge is -2.08. The van der Waals surface area contributed by atoms with E-state index in [-0.39, 0.29) is 0 Å². The lowest BCUT2D eigenvalue weighted by Crippen LogP contribution is -2.01. The van der Waals surface area contributed by atoms with E-state index in [1.54, 1.807) is 0 Å². The normalized spacial score (nSPS) is 10.9. The van der Waals surface area contributed by atoms with Crippen molar-refractivity contribution in [1.29, 1.82) is 0 Å². The first-order valence-corrected chi connectivity index (χ1v) is 8.63. The number of aromatic nitrogens is 4. The quantitative estimate of drug-likeness (QED) is 0.553. The standard InChI is InChI=1S/C17H16ClN5S/c1-3-4-5-6-23-16-14(15(19)20-10-21-16)22-17(23)24-13-8-11(2)7-12(18)9-13/h1,7-10H,4-6H2,2H3,(H2,19,20,21). The predicted molar refractivity (Wildman–Crippen MR) is 98.1 cm³/mol. The van der Waals surface area contributed by atoms with Crippen LogP contribution >= 0.6 is 23.4 Å². The summed E-state index contributed by atoms with van der Waals surface area (Å²) in [7, 11) is 0. The summed E-state index contributed by atoms with van der Waals surface area (Å²) in [5.41, 5.74) is 8.38. The van der Waals surface area contributed by atoms with Crippen molar-refractivity contribution >= 4 is 40.3 Å². The van der Waals surface area contributed by atoms with Crippen LogP contribution in [0, 0.1) is 19.3 Å². The van der Waals surface area contributed by atoms with Crippen LogP contribution in [0.4, 0.5) is 5.82 Å². The highest BCUT2D eigenvalue weighted by atomic mass is 35.5. The molecule has 0 atom stereocenters. The Kier molecular flexibility index (Phi) is 4.93. The van der Waals surface area contributed by atoms with E-state index >= 15 is 0 Å². The Labute approximate surface area is 149 Å². The van der Waals surface area contributed by atoms with E-state index in [0.29, 0.717) is 22.8 Å². The maximum atomic E-state index is 6.16. The summed E-state index contributed by atoms with van der Waals surface area (Å²) in [6, 6.07) is 5.90. The minimum atomic E-state index is 0.375. The molecule has 24 heavy (non-hydrogen) atoms. The molecule has 0 unspecified atom stereocenters. The molecule has 0 aliphatic rings. The van der Waals surface area contributed by atoms with Gasteiger partial charge in [0.15, 0.2) is 22.1 Å². The Morgan fingerprint density at radius 3 is 2.92 bits per heavy atom. The van der Waals surface area contributed by atoms with Gasteiger partial charge in [0.25, 0.3) is 0 Å². The van der Waals surface area contributed by atoms with E-state index in [2.05, 4.69) is 26.9 Å². The maximum Gasteiger partial charge on any atom is 0.175 e. The lowest BCUT2D eigenvalue weighted by molar-refractivity contribution is 0.615. The second kappa shape index (κ2) is 7.12. The summed E-state index contributed by atoms with van der Waals surface area (Å²) in [5.74, 6) is 3.03. The molecular formula is C17H16ClN5S. The SMILES string of the molecule is C#CCCCn1c(Sc2cc(C)cc(Cl)c2)nc2c(N)ncnc21. The Bertz CT molecular complexity index is 908. The van der Waals surface area contributed by atoms with Gasteiger partial charge in [0.05, 0.1) is 0 Å². The minimum absolute atomic E-state index is 0.375. The molecule has 2 aromatic heterocycles. The number of unbranched alkanes of at least 4 members (excludes halogenated alkanes) is 1. The van der Waals surface area contributed by atoms with E-state index < -0.39 is 0 Å². The predicted octanol–water partition coefficient (Wildman–Crippen LogP) is 3.93. The second-order valence-electron chi connectivity index (χ2n) is 5.35. The number of benzene rings is 1. The van der Waals surface area contributed by atoms with Gasteiger partial charge < -0.3 is 10.3 Å². The average Bonchev–Trinajstić information content (AvgIpc) is 2.86. The Morgan fingerprint density at radius 2 is 2.17 bits per heavy atom. The Hall–Kier alpha value is -2.23. The number of nitrogen functional groups attached to an aromatic ring is 1. The fourth-order valence-electron chi connectivity index (χ4n) is 2.42. The number of anilines is 1. The van der Waals surface area contributed by atoms with E-state index in [9.17, 15) is 0 Å². The first-order chi connectivity index (χ1) is 11.6. The largest absolute Gasteiger partial charge is 0.382 e. The molecule has 2 N–H and O–H groups in total. The number of imidazole rings is 1. The summed E-state index contributed by atoms with van der Waals surface area (Å²) in [5, 5.41) is 1.50. The van der Waals surface area contributed by atoms with Crippen molar-refractivity contribution in [1.82, 2.24) is 19.5 Å². The van der Waals surface area contributed by atoms with Gasteiger partial charge in [-0.25, -0.2) is 15.0 Å². The number of nitrogens with two attached hydrogens (primary N) is 1. The molecule has 122 valence electrons. The van der Waals surface area contributed by atoms with Crippen LogP contribution in [0.5, 0.6) is 0 Å². The fourth-order valence-corrected chi connectivity index (χ4v) is 3.84. The van der Waals surface area contributed by atoms with Gasteiger partial charge in [-0.3, -0.25) is 0 Å². The van der Waals surface area contributed by atoms with Crippen molar-refractivity contribution in [2.45, 2.75) is 36.4 Å². The van der Waals surface area contributed by atoms with Crippen LogP contribution in [-0.4, -0.2) is 19.5 Å².